The molecule has 2 heterocycles. The fourth-order valence-electron chi connectivity index (χ4n) is 4.37. The fraction of sp³-hybridized carbons (Fsp3) is 0.448. The number of benzene rings is 2. The molecule has 38 heavy (non-hydrogen) atoms. The van der Waals surface area contributed by atoms with Crippen molar-refractivity contribution < 1.29 is 19.0 Å². The molecule has 4 rings (SSSR count). The molecule has 0 amide bonds. The summed E-state index contributed by atoms with van der Waals surface area (Å²) in [5.41, 5.74) is 1.79. The minimum atomic E-state index is -0.256. The average Bonchev–Trinajstić information content (AvgIpc) is 2.93. The van der Waals surface area contributed by atoms with Gasteiger partial charge in [-0.05, 0) is 56.1 Å². The van der Waals surface area contributed by atoms with Crippen molar-refractivity contribution in [3.63, 3.8) is 0 Å². The van der Waals surface area contributed by atoms with E-state index < -0.39 is 0 Å². The van der Waals surface area contributed by atoms with Crippen LogP contribution in [0.5, 0.6) is 11.6 Å². The Morgan fingerprint density at radius 1 is 0.974 bits per heavy atom. The van der Waals surface area contributed by atoms with Crippen molar-refractivity contribution in [3.8, 4) is 11.6 Å². The summed E-state index contributed by atoms with van der Waals surface area (Å²) in [7, 11) is 0. The molecule has 1 aliphatic rings. The molecule has 0 spiro atoms. The predicted molar refractivity (Wildman–Crippen MR) is 153 cm³/mol. The van der Waals surface area contributed by atoms with Gasteiger partial charge < -0.3 is 19.1 Å². The van der Waals surface area contributed by atoms with Gasteiger partial charge in [0.15, 0.2) is 0 Å². The first kappa shape index (κ1) is 28.3. The van der Waals surface area contributed by atoms with Crippen LogP contribution >= 0.6 is 23.2 Å². The summed E-state index contributed by atoms with van der Waals surface area (Å²) in [6, 6.07) is 15.4. The summed E-state index contributed by atoms with van der Waals surface area (Å²) in [4.78, 5) is 20.9. The Balaban J connectivity index is 1.16. The van der Waals surface area contributed by atoms with Crippen LogP contribution in [0, 0.1) is 0 Å². The molecule has 3 aromatic rings. The fourth-order valence-corrected chi connectivity index (χ4v) is 4.79. The molecule has 0 bridgehead atoms. The molecule has 204 valence electrons. The minimum absolute atomic E-state index is 0.138. The zero-order chi connectivity index (χ0) is 26.7. The van der Waals surface area contributed by atoms with E-state index in [4.69, 9.17) is 37.4 Å². The lowest BCUT2D eigenvalue weighted by Gasteiger charge is -2.36. The quantitative estimate of drug-likeness (QED) is 0.133. The van der Waals surface area contributed by atoms with Crippen LogP contribution < -0.4 is 14.4 Å². The Morgan fingerprint density at radius 3 is 2.61 bits per heavy atom. The van der Waals surface area contributed by atoms with E-state index in [0.29, 0.717) is 29.0 Å². The molecule has 0 atom stereocenters. The molecular weight excluding hydrogens is 525 g/mol. The molecule has 9 heteroatoms. The number of nitrogens with zero attached hydrogens (tertiary/aromatic N) is 3. The van der Waals surface area contributed by atoms with Gasteiger partial charge >= 0.3 is 5.97 Å². The number of anilines is 1. The normalized spacial score (nSPS) is 14.0. The van der Waals surface area contributed by atoms with E-state index in [1.54, 1.807) is 6.07 Å². The largest absolute Gasteiger partial charge is 0.494 e. The highest BCUT2D eigenvalue weighted by molar-refractivity contribution is 6.43. The van der Waals surface area contributed by atoms with Gasteiger partial charge in [0.2, 0.25) is 12.7 Å². The molecule has 0 radical (unpaired) electrons. The monoisotopic (exact) mass is 559 g/mol. The van der Waals surface area contributed by atoms with Gasteiger partial charge in [-0.25, -0.2) is 4.98 Å². The Bertz CT molecular complexity index is 1200. The molecule has 0 saturated carbocycles. The molecule has 0 unspecified atom stereocenters. The van der Waals surface area contributed by atoms with Gasteiger partial charge in [-0.3, -0.25) is 9.69 Å². The first-order valence-electron chi connectivity index (χ1n) is 13.3. The SMILES string of the molecule is CCCCC(=O)OCOc1ccc2ccc(OCCCCN3CCN(c4cccc(Cl)c4Cl)CC3)cc2n1. The second-order valence-electron chi connectivity index (χ2n) is 9.34. The number of carbonyl (C=O) groups excluding carboxylic acids is 1. The maximum absolute atomic E-state index is 11.6. The van der Waals surface area contributed by atoms with Gasteiger partial charge in [0.05, 0.1) is 27.9 Å². The van der Waals surface area contributed by atoms with Crippen LogP contribution in [-0.2, 0) is 9.53 Å². The predicted octanol–water partition coefficient (Wildman–Crippen LogP) is 6.59. The number of piperazine rings is 1. The molecule has 7 nitrogen and oxygen atoms in total. The van der Waals surface area contributed by atoms with Crippen molar-refractivity contribution >= 4 is 45.8 Å². The van der Waals surface area contributed by atoms with E-state index in [1.165, 1.54) is 0 Å². The molecule has 1 aromatic heterocycles. The van der Waals surface area contributed by atoms with Crippen LogP contribution in [0.15, 0.2) is 48.5 Å². The number of pyridine rings is 1. The standard InChI is InChI=1S/C29H35Cl2N3O4/c1-2-3-9-28(35)38-21-37-27-13-11-22-10-12-23(20-25(22)32-27)36-19-5-4-14-33-15-17-34(18-16-33)26-8-6-7-24(30)29(26)31/h6-8,10-13,20H,2-5,9,14-19,21H2,1H3. The molecule has 2 aromatic carbocycles. The molecular formula is C29H35Cl2N3O4. The number of fused-ring (bicyclic) bond motifs is 1. The highest BCUT2D eigenvalue weighted by atomic mass is 35.5. The van der Waals surface area contributed by atoms with Crippen LogP contribution in [0.1, 0.15) is 39.0 Å². The molecule has 1 saturated heterocycles. The number of carbonyl (C=O) groups is 1. The number of halogens is 2. The third-order valence-corrected chi connectivity index (χ3v) is 7.39. The number of ether oxygens (including phenoxy) is 3. The number of hydrogen-bond acceptors (Lipinski definition) is 7. The maximum atomic E-state index is 11.6. The summed E-state index contributed by atoms with van der Waals surface area (Å²) >= 11 is 12.6. The first-order chi connectivity index (χ1) is 18.5. The molecule has 1 fully saturated rings. The zero-order valence-electron chi connectivity index (χ0n) is 21.8. The smallest absolute Gasteiger partial charge is 0.308 e. The van der Waals surface area contributed by atoms with Crippen molar-refractivity contribution in [1.82, 2.24) is 9.88 Å². The van der Waals surface area contributed by atoms with Crippen LogP contribution in [-0.4, -0.2) is 62.0 Å². The highest BCUT2D eigenvalue weighted by Gasteiger charge is 2.19. The van der Waals surface area contributed by atoms with Crippen molar-refractivity contribution in [2.45, 2.75) is 39.0 Å². The molecule has 0 N–H and O–H groups in total. The third kappa shape index (κ3) is 8.13. The first-order valence-corrected chi connectivity index (χ1v) is 14.0. The zero-order valence-corrected chi connectivity index (χ0v) is 23.3. The van der Waals surface area contributed by atoms with E-state index in [0.717, 1.165) is 80.7 Å². The average molecular weight is 561 g/mol. The second kappa shape index (κ2) is 14.4. The number of unbranched alkanes of at least 4 members (excludes halogenated alkanes) is 2. The number of esters is 1. The number of hydrogen-bond donors (Lipinski definition) is 0. The topological polar surface area (TPSA) is 64.1 Å². The third-order valence-electron chi connectivity index (χ3n) is 6.58. The van der Waals surface area contributed by atoms with Gasteiger partial charge in [-0.1, -0.05) is 42.6 Å². The van der Waals surface area contributed by atoms with Gasteiger partial charge in [0.25, 0.3) is 0 Å². The minimum Gasteiger partial charge on any atom is -0.494 e. The molecule has 0 aliphatic carbocycles. The lowest BCUT2D eigenvalue weighted by molar-refractivity contribution is -0.150. The van der Waals surface area contributed by atoms with Crippen LogP contribution in [0.25, 0.3) is 10.9 Å². The van der Waals surface area contributed by atoms with Gasteiger partial charge in [0.1, 0.15) is 5.75 Å². The van der Waals surface area contributed by atoms with E-state index >= 15 is 0 Å². The van der Waals surface area contributed by atoms with Crippen LogP contribution in [0.4, 0.5) is 5.69 Å². The van der Waals surface area contributed by atoms with Gasteiger partial charge in [0, 0.05) is 50.1 Å². The van der Waals surface area contributed by atoms with Crippen molar-refractivity contribution in [3.05, 3.63) is 58.6 Å². The number of rotatable bonds is 13. The molecule has 1 aliphatic heterocycles. The van der Waals surface area contributed by atoms with Crippen molar-refractivity contribution in [2.24, 2.45) is 0 Å². The Labute approximate surface area is 234 Å². The van der Waals surface area contributed by atoms with Gasteiger partial charge in [-0.2, -0.15) is 0 Å². The maximum Gasteiger partial charge on any atom is 0.308 e. The lowest BCUT2D eigenvalue weighted by atomic mass is 10.2. The Morgan fingerprint density at radius 2 is 1.79 bits per heavy atom. The van der Waals surface area contributed by atoms with Crippen molar-refractivity contribution in [1.29, 1.82) is 0 Å². The summed E-state index contributed by atoms with van der Waals surface area (Å²) < 4.78 is 16.6. The Hall–Kier alpha value is -2.74. The summed E-state index contributed by atoms with van der Waals surface area (Å²) in [6.45, 7) is 7.47. The Kier molecular flexibility index (Phi) is 10.7. The highest BCUT2D eigenvalue weighted by Crippen LogP contribution is 2.33. The summed E-state index contributed by atoms with van der Waals surface area (Å²) in [5.74, 6) is 0.934. The lowest BCUT2D eigenvalue weighted by Crippen LogP contribution is -2.46. The van der Waals surface area contributed by atoms with E-state index in [1.807, 2.05) is 49.4 Å². The van der Waals surface area contributed by atoms with E-state index in [9.17, 15) is 4.79 Å². The van der Waals surface area contributed by atoms with Crippen molar-refractivity contribution in [2.75, 3.05) is 51.0 Å². The summed E-state index contributed by atoms with van der Waals surface area (Å²) in [6.07, 6.45) is 4.21. The second-order valence-corrected chi connectivity index (χ2v) is 10.1. The van der Waals surface area contributed by atoms with Crippen LogP contribution in [0.2, 0.25) is 10.0 Å². The van der Waals surface area contributed by atoms with Crippen LogP contribution in [0.3, 0.4) is 0 Å². The summed E-state index contributed by atoms with van der Waals surface area (Å²) in [5, 5.41) is 2.22. The number of aromatic nitrogens is 1. The van der Waals surface area contributed by atoms with E-state index in [-0.39, 0.29) is 12.8 Å². The van der Waals surface area contributed by atoms with Gasteiger partial charge in [-0.15, -0.1) is 0 Å². The van der Waals surface area contributed by atoms with E-state index in [2.05, 4.69) is 14.8 Å².